The minimum Gasteiger partial charge on any atom is -0.391 e. The van der Waals surface area contributed by atoms with Crippen LogP contribution in [0.1, 0.15) is 33.4 Å². The van der Waals surface area contributed by atoms with Gasteiger partial charge in [0.25, 0.3) is 20.0 Å². The summed E-state index contributed by atoms with van der Waals surface area (Å²) in [7, 11) is -8.60. The Morgan fingerprint density at radius 1 is 0.571 bits per heavy atom. The topological polar surface area (TPSA) is 165 Å². The third-order valence-corrected chi connectivity index (χ3v) is 19.1. The molecule has 0 aliphatic rings. The van der Waals surface area contributed by atoms with Crippen molar-refractivity contribution in [2.45, 2.75) is 49.1 Å². The van der Waals surface area contributed by atoms with Crippen LogP contribution in [-0.2, 0) is 45.5 Å². The van der Waals surface area contributed by atoms with E-state index in [1.807, 2.05) is 30.3 Å². The number of aromatic nitrogens is 4. The number of nitrogens with zero attached hydrogens (tertiary/aromatic N) is 5. The van der Waals surface area contributed by atoms with Crippen molar-refractivity contribution in [2.75, 3.05) is 8.61 Å². The first-order valence-electron chi connectivity index (χ1n) is 21.9. The van der Waals surface area contributed by atoms with E-state index in [4.69, 9.17) is 0 Å². The van der Waals surface area contributed by atoms with Gasteiger partial charge < -0.3 is 9.36 Å². The molecule has 0 unspecified atom stereocenters. The second-order valence-corrected chi connectivity index (χ2v) is 23.8. The number of H-pyrrole nitrogens is 1. The SMILES string of the molecule is Cc1c(N(Cc2ccc(F)c(C(F)(F)F)c2)S(=O)(=O)c2ccc(-c3nsc(=O)[n-]3)cc2)sc2ccccc12.Cc1c(N(Cc2ccc(F)c(C(F)(F)F)c2)S(=O)(=O)c2ccc(-c3nsc(=O)[nH]3)cc2)sc2ccccc12.[Na+]. The average molecular weight is 1180 g/mol. The maximum atomic E-state index is 13.9. The number of thiophene rings is 2. The summed E-state index contributed by atoms with van der Waals surface area (Å²) in [5, 5.41) is 2.27. The van der Waals surface area contributed by atoms with E-state index in [2.05, 4.69) is 18.7 Å². The molecule has 12 nitrogen and oxygen atoms in total. The molecule has 0 aliphatic carbocycles. The van der Waals surface area contributed by atoms with Crippen molar-refractivity contribution >= 4 is 96.0 Å². The van der Waals surface area contributed by atoms with Crippen LogP contribution >= 0.6 is 45.7 Å². The van der Waals surface area contributed by atoms with Crippen LogP contribution in [0.3, 0.4) is 0 Å². The van der Waals surface area contributed by atoms with Crippen LogP contribution in [0, 0.1) is 25.5 Å². The Kier molecular flexibility index (Phi) is 16.6. The van der Waals surface area contributed by atoms with Crippen LogP contribution in [0.4, 0.5) is 45.1 Å². The van der Waals surface area contributed by atoms with E-state index in [1.165, 1.54) is 71.2 Å². The molecule has 392 valence electrons. The van der Waals surface area contributed by atoms with Gasteiger partial charge in [-0.05, 0) is 131 Å². The fourth-order valence-electron chi connectivity index (χ4n) is 7.93. The molecule has 0 fully saturated rings. The number of rotatable bonds is 12. The number of sulfonamides is 2. The molecule has 0 saturated carbocycles. The molecule has 4 heterocycles. The van der Waals surface area contributed by atoms with E-state index < -0.39 is 73.1 Å². The van der Waals surface area contributed by atoms with Crippen molar-refractivity contribution in [1.82, 2.24) is 18.7 Å². The molecule has 77 heavy (non-hydrogen) atoms. The van der Waals surface area contributed by atoms with Crippen molar-refractivity contribution < 1.29 is 81.5 Å². The van der Waals surface area contributed by atoms with Gasteiger partial charge in [0.05, 0.1) is 34.0 Å². The minimum atomic E-state index is -4.94. The fourth-order valence-corrected chi connectivity index (χ4v) is 14.7. The molecule has 0 saturated heterocycles. The summed E-state index contributed by atoms with van der Waals surface area (Å²) >= 11 is 3.77. The summed E-state index contributed by atoms with van der Waals surface area (Å²) in [5.41, 5.74) is -0.815. The average Bonchev–Trinajstić information content (AvgIpc) is 4.18. The molecule has 0 amide bonds. The van der Waals surface area contributed by atoms with Gasteiger partial charge in [0.15, 0.2) is 5.82 Å². The molecule has 0 bridgehead atoms. The zero-order valence-electron chi connectivity index (χ0n) is 39.8. The van der Waals surface area contributed by atoms with Gasteiger partial charge in [0, 0.05) is 26.5 Å². The zero-order chi connectivity index (χ0) is 54.5. The molecule has 0 atom stereocenters. The number of aromatic amines is 1. The number of anilines is 2. The maximum Gasteiger partial charge on any atom is 1.00 e. The number of nitrogens with one attached hydrogen (secondary N) is 1. The molecule has 10 rings (SSSR count). The van der Waals surface area contributed by atoms with Gasteiger partial charge in [-0.15, -0.1) is 34.2 Å². The van der Waals surface area contributed by atoms with Crippen LogP contribution in [0.15, 0.2) is 153 Å². The molecule has 10 aromatic rings. The Hall–Kier alpha value is -6.10. The van der Waals surface area contributed by atoms with Crippen LogP contribution in [-0.4, -0.2) is 30.6 Å². The second-order valence-electron chi connectivity index (χ2n) is 16.6. The van der Waals surface area contributed by atoms with Crippen molar-refractivity contribution in [3.63, 3.8) is 0 Å². The van der Waals surface area contributed by atoms with Gasteiger partial charge >= 0.3 is 46.8 Å². The predicted molar refractivity (Wildman–Crippen MR) is 278 cm³/mol. The van der Waals surface area contributed by atoms with E-state index >= 15 is 0 Å². The number of aryl methyl sites for hydroxylation is 2. The summed E-state index contributed by atoms with van der Waals surface area (Å²) in [5.74, 6) is -2.44. The summed E-state index contributed by atoms with van der Waals surface area (Å²) in [6.45, 7) is 2.55. The van der Waals surface area contributed by atoms with Gasteiger partial charge in [-0.25, -0.2) is 25.6 Å². The Balaban J connectivity index is 0.000000201. The van der Waals surface area contributed by atoms with E-state index in [0.29, 0.717) is 68.1 Å². The van der Waals surface area contributed by atoms with Crippen molar-refractivity contribution in [1.29, 1.82) is 0 Å². The summed E-state index contributed by atoms with van der Waals surface area (Å²) in [6.07, 6.45) is -9.88. The first-order valence-corrected chi connectivity index (χ1v) is 28.0. The first kappa shape index (κ1) is 57.1. The van der Waals surface area contributed by atoms with Crippen LogP contribution < -0.4 is 52.9 Å². The van der Waals surface area contributed by atoms with Crippen LogP contribution in [0.2, 0.25) is 0 Å². The fraction of sp³-hybridized carbons (Fsp3) is 0.120. The predicted octanol–water partition coefficient (Wildman–Crippen LogP) is 9.78. The number of fused-ring (bicyclic) bond motifs is 2. The third-order valence-electron chi connectivity index (χ3n) is 11.7. The molecular weight excluding hydrogens is 1150 g/mol. The van der Waals surface area contributed by atoms with E-state index in [9.17, 15) is 61.5 Å². The number of benzene rings is 6. The van der Waals surface area contributed by atoms with Crippen molar-refractivity contribution in [3.8, 4) is 22.8 Å². The summed E-state index contributed by atoms with van der Waals surface area (Å²) < 4.78 is 175. The summed E-state index contributed by atoms with van der Waals surface area (Å²) in [4.78, 5) is 28.0. The monoisotopic (exact) mass is 1180 g/mol. The quantitative estimate of drug-likeness (QED) is 0.0927. The number of alkyl halides is 6. The normalized spacial score (nSPS) is 12.1. The Morgan fingerprint density at radius 2 is 1.00 bits per heavy atom. The van der Waals surface area contributed by atoms with Crippen LogP contribution in [0.5, 0.6) is 0 Å². The molecule has 6 aromatic carbocycles. The molecule has 0 spiro atoms. The molecular formula is C50H33F8N6NaO6S6. The smallest absolute Gasteiger partial charge is 0.391 e. The summed E-state index contributed by atoms with van der Waals surface area (Å²) in [6, 6.07) is 30.6. The van der Waals surface area contributed by atoms with Gasteiger partial charge in [0.2, 0.25) is 4.87 Å². The molecule has 4 aromatic heterocycles. The van der Waals surface area contributed by atoms with Gasteiger partial charge in [-0.1, -0.05) is 60.7 Å². The second kappa shape index (κ2) is 22.3. The largest absolute Gasteiger partial charge is 1.00 e. The van der Waals surface area contributed by atoms with Gasteiger partial charge in [-0.3, -0.25) is 23.2 Å². The maximum absolute atomic E-state index is 13.9. The number of hydrogen-bond acceptors (Lipinski definition) is 12. The number of halogens is 8. The van der Waals surface area contributed by atoms with Crippen molar-refractivity contribution in [3.05, 3.63) is 198 Å². The van der Waals surface area contributed by atoms with E-state index in [0.717, 1.165) is 52.4 Å². The molecule has 1 N–H and O–H groups in total. The van der Waals surface area contributed by atoms with Crippen molar-refractivity contribution in [2.24, 2.45) is 0 Å². The standard InChI is InChI=1S/2C25H17F4N3O3S3.Na/c2*1-14-18-4-2-3-5-21(18)36-23(14)32(13-15-6-11-20(26)19(12-15)25(27,28)29)38(34,35)17-9-7-16(8-10-17)22-30-24(33)37-31-22;/h2*2-12H,13H2,1H3,(H,30,31,33);/q;;+1/p-1. The Bertz CT molecular complexity index is 3890. The first-order chi connectivity index (χ1) is 35.9. The molecule has 27 heteroatoms. The Morgan fingerprint density at radius 3 is 1.38 bits per heavy atom. The van der Waals surface area contributed by atoms with Gasteiger partial charge in [-0.2, -0.15) is 30.7 Å². The van der Waals surface area contributed by atoms with Gasteiger partial charge in [0.1, 0.15) is 21.6 Å². The minimum absolute atomic E-state index is 0. The number of hydrogen-bond donors (Lipinski definition) is 1. The van der Waals surface area contributed by atoms with E-state index in [-0.39, 0.29) is 67.0 Å². The molecule has 0 aliphatic heterocycles. The molecule has 0 radical (unpaired) electrons. The van der Waals surface area contributed by atoms with E-state index in [1.54, 1.807) is 32.0 Å². The zero-order valence-corrected chi connectivity index (χ0v) is 46.7. The third kappa shape index (κ3) is 12.0. The Labute approximate surface area is 470 Å². The van der Waals surface area contributed by atoms with Crippen LogP contribution in [0.25, 0.3) is 42.9 Å².